The first-order chi connectivity index (χ1) is 17.9. The van der Waals surface area contributed by atoms with Gasteiger partial charge >= 0.3 is 0 Å². The Labute approximate surface area is 222 Å². The van der Waals surface area contributed by atoms with Gasteiger partial charge in [-0.15, -0.1) is 0 Å². The van der Waals surface area contributed by atoms with E-state index >= 15 is 0 Å². The van der Waals surface area contributed by atoms with E-state index in [1.165, 1.54) is 23.5 Å². The smallest absolute Gasteiger partial charge is 0.264 e. The topological polar surface area (TPSA) is 75.7 Å². The summed E-state index contributed by atoms with van der Waals surface area (Å²) >= 11 is 5.95. The maximum atomic E-state index is 13.9. The van der Waals surface area contributed by atoms with Gasteiger partial charge in [0.1, 0.15) is 5.75 Å². The molecule has 0 aliphatic rings. The Morgan fingerprint density at radius 3 is 2.16 bits per heavy atom. The normalized spacial score (nSPS) is 11.1. The minimum Gasteiger partial charge on any atom is -0.497 e. The lowest BCUT2D eigenvalue weighted by Gasteiger charge is -2.26. The van der Waals surface area contributed by atoms with Crippen LogP contribution in [0.3, 0.4) is 0 Å². The highest BCUT2D eigenvalue weighted by molar-refractivity contribution is 7.92. The molecule has 0 saturated heterocycles. The molecular weight excluding hydrogens is 508 g/mol. The lowest BCUT2D eigenvalue weighted by Crippen LogP contribution is -2.34. The van der Waals surface area contributed by atoms with Gasteiger partial charge in [0.05, 0.1) is 29.8 Å². The van der Waals surface area contributed by atoms with E-state index < -0.39 is 10.0 Å². The quantitative estimate of drug-likeness (QED) is 0.282. The fraction of sp³-hybridized carbons (Fsp3) is 0.138. The number of sulfonamides is 1. The minimum absolute atomic E-state index is 0.0598. The number of rotatable bonds is 10. The number of nitrogens with one attached hydrogen (secondary N) is 1. The number of nitrogens with zero attached hydrogens (tertiary/aromatic N) is 1. The van der Waals surface area contributed by atoms with E-state index in [9.17, 15) is 13.2 Å². The van der Waals surface area contributed by atoms with Crippen molar-refractivity contribution in [3.63, 3.8) is 0 Å². The second-order valence-electron chi connectivity index (χ2n) is 8.32. The number of ether oxygens (including phenoxy) is 1. The number of amides is 1. The van der Waals surface area contributed by atoms with E-state index in [0.717, 1.165) is 11.1 Å². The standard InChI is InChI=1S/C29H27ClN2O4S/c1-36-25-15-17-26(18-16-25)37(34,35)32(21-23-7-3-2-4-8-23)28-10-6-5-9-27(28)29(33)31-20-19-22-11-13-24(30)14-12-22/h2-18H,19-21H2,1H3,(H,31,33). The SMILES string of the molecule is COc1ccc(S(=O)(=O)N(Cc2ccccc2)c2ccccc2C(=O)NCCc2ccc(Cl)cc2)cc1. The van der Waals surface area contributed by atoms with Gasteiger partial charge in [0.2, 0.25) is 0 Å². The van der Waals surface area contributed by atoms with Crippen LogP contribution in [0.25, 0.3) is 0 Å². The summed E-state index contributed by atoms with van der Waals surface area (Å²) in [5, 5.41) is 3.57. The zero-order valence-electron chi connectivity index (χ0n) is 20.3. The van der Waals surface area contributed by atoms with Gasteiger partial charge in [-0.3, -0.25) is 9.10 Å². The Morgan fingerprint density at radius 1 is 0.838 bits per heavy atom. The maximum Gasteiger partial charge on any atom is 0.264 e. The largest absolute Gasteiger partial charge is 0.497 e. The van der Waals surface area contributed by atoms with Crippen LogP contribution in [-0.4, -0.2) is 28.0 Å². The molecule has 0 heterocycles. The molecule has 190 valence electrons. The lowest BCUT2D eigenvalue weighted by atomic mass is 10.1. The first-order valence-electron chi connectivity index (χ1n) is 11.7. The number of anilines is 1. The summed E-state index contributed by atoms with van der Waals surface area (Å²) in [4.78, 5) is 13.3. The van der Waals surface area contributed by atoms with Crippen molar-refractivity contribution >= 4 is 33.2 Å². The van der Waals surface area contributed by atoms with E-state index in [1.54, 1.807) is 48.5 Å². The van der Waals surface area contributed by atoms with E-state index in [4.69, 9.17) is 16.3 Å². The minimum atomic E-state index is -4.02. The first kappa shape index (κ1) is 26.3. The highest BCUT2D eigenvalue weighted by atomic mass is 35.5. The molecule has 0 saturated carbocycles. The number of hydrogen-bond acceptors (Lipinski definition) is 4. The summed E-state index contributed by atoms with van der Waals surface area (Å²) in [5.74, 6) is 0.196. The van der Waals surface area contributed by atoms with Gasteiger partial charge in [-0.05, 0) is 66.1 Å². The Bertz CT molecular complexity index is 1440. The van der Waals surface area contributed by atoms with Crippen LogP contribution in [0, 0.1) is 0 Å². The third-order valence-corrected chi connectivity index (χ3v) is 7.87. The van der Waals surface area contributed by atoms with Crippen LogP contribution in [0.2, 0.25) is 5.02 Å². The number of methoxy groups -OCH3 is 1. The summed E-state index contributed by atoms with van der Waals surface area (Å²) in [7, 11) is -2.49. The molecule has 0 aromatic heterocycles. The molecule has 4 rings (SSSR count). The molecule has 8 heteroatoms. The van der Waals surface area contributed by atoms with Crippen molar-refractivity contribution in [3.8, 4) is 5.75 Å². The second kappa shape index (κ2) is 12.0. The first-order valence-corrected chi connectivity index (χ1v) is 13.5. The average Bonchev–Trinajstić information content (AvgIpc) is 2.93. The Balaban J connectivity index is 1.65. The van der Waals surface area contributed by atoms with Crippen molar-refractivity contribution < 1.29 is 17.9 Å². The van der Waals surface area contributed by atoms with Crippen molar-refractivity contribution in [3.05, 3.63) is 125 Å². The predicted molar refractivity (Wildman–Crippen MR) is 147 cm³/mol. The molecular formula is C29H27ClN2O4S. The second-order valence-corrected chi connectivity index (χ2v) is 10.6. The monoisotopic (exact) mass is 534 g/mol. The number of benzene rings is 4. The molecule has 0 fully saturated rings. The predicted octanol–water partition coefficient (Wildman–Crippen LogP) is 5.72. The zero-order chi connectivity index (χ0) is 26.3. The van der Waals surface area contributed by atoms with E-state index in [-0.39, 0.29) is 22.9 Å². The third kappa shape index (κ3) is 6.50. The van der Waals surface area contributed by atoms with Gasteiger partial charge in [0.25, 0.3) is 15.9 Å². The molecule has 0 aliphatic carbocycles. The molecule has 1 amide bonds. The molecule has 0 bridgehead atoms. The lowest BCUT2D eigenvalue weighted by molar-refractivity contribution is 0.0955. The van der Waals surface area contributed by atoms with Crippen LogP contribution in [0.5, 0.6) is 5.75 Å². The Morgan fingerprint density at radius 2 is 1.49 bits per heavy atom. The number of halogens is 1. The molecule has 6 nitrogen and oxygen atoms in total. The summed E-state index contributed by atoms with van der Waals surface area (Å²) in [6, 6.07) is 29.6. The zero-order valence-corrected chi connectivity index (χ0v) is 21.9. The average molecular weight is 535 g/mol. The van der Waals surface area contributed by atoms with Gasteiger partial charge in [0.15, 0.2) is 0 Å². The number of carbonyl (C=O) groups is 1. The van der Waals surface area contributed by atoms with Gasteiger partial charge < -0.3 is 10.1 Å². The van der Waals surface area contributed by atoms with Crippen LogP contribution in [-0.2, 0) is 23.0 Å². The summed E-state index contributed by atoms with van der Waals surface area (Å²) in [6.45, 7) is 0.447. The van der Waals surface area contributed by atoms with E-state index in [2.05, 4.69) is 5.32 Å². The van der Waals surface area contributed by atoms with Crippen LogP contribution in [0.4, 0.5) is 5.69 Å². The maximum absolute atomic E-state index is 13.9. The Kier molecular flexibility index (Phi) is 8.48. The van der Waals surface area contributed by atoms with Crippen LogP contribution >= 0.6 is 11.6 Å². The molecule has 0 radical (unpaired) electrons. The van der Waals surface area contributed by atoms with Gasteiger partial charge in [0, 0.05) is 11.6 Å². The van der Waals surface area contributed by atoms with Crippen LogP contribution < -0.4 is 14.4 Å². The van der Waals surface area contributed by atoms with Crippen molar-refractivity contribution in [2.45, 2.75) is 17.9 Å². The summed E-state index contributed by atoms with van der Waals surface area (Å²) < 4.78 is 34.2. The highest BCUT2D eigenvalue weighted by Gasteiger charge is 2.28. The van der Waals surface area contributed by atoms with Crippen molar-refractivity contribution in [2.24, 2.45) is 0 Å². The molecule has 0 unspecified atom stereocenters. The van der Waals surface area contributed by atoms with Crippen LogP contribution in [0.15, 0.2) is 108 Å². The number of carbonyl (C=O) groups excluding carboxylic acids is 1. The summed E-state index contributed by atoms with van der Waals surface area (Å²) in [6.07, 6.45) is 0.614. The van der Waals surface area contributed by atoms with E-state index in [0.29, 0.717) is 29.4 Å². The van der Waals surface area contributed by atoms with E-state index in [1.807, 2.05) is 42.5 Å². The van der Waals surface area contributed by atoms with Crippen LogP contribution in [0.1, 0.15) is 21.5 Å². The van der Waals surface area contributed by atoms with Crippen molar-refractivity contribution in [2.75, 3.05) is 18.0 Å². The molecule has 0 spiro atoms. The number of hydrogen-bond donors (Lipinski definition) is 1. The Hall–Kier alpha value is -3.81. The van der Waals surface area contributed by atoms with Crippen molar-refractivity contribution in [1.82, 2.24) is 5.32 Å². The van der Waals surface area contributed by atoms with Crippen molar-refractivity contribution in [1.29, 1.82) is 0 Å². The molecule has 37 heavy (non-hydrogen) atoms. The van der Waals surface area contributed by atoms with Gasteiger partial charge in [-0.25, -0.2) is 8.42 Å². The number of para-hydroxylation sites is 1. The van der Waals surface area contributed by atoms with Gasteiger partial charge in [-0.1, -0.05) is 66.2 Å². The fourth-order valence-corrected chi connectivity index (χ4v) is 5.47. The molecule has 4 aromatic rings. The highest BCUT2D eigenvalue weighted by Crippen LogP contribution is 2.30. The molecule has 0 aliphatic heterocycles. The molecule has 1 N–H and O–H groups in total. The van der Waals surface area contributed by atoms with Gasteiger partial charge in [-0.2, -0.15) is 0 Å². The summed E-state index contributed by atoms with van der Waals surface area (Å²) in [5.41, 5.74) is 2.39. The molecule has 4 aromatic carbocycles. The third-order valence-electron chi connectivity index (χ3n) is 5.85. The molecule has 0 atom stereocenters. The fourth-order valence-electron chi connectivity index (χ4n) is 3.87.